The van der Waals surface area contributed by atoms with Crippen LogP contribution in [0.15, 0.2) is 22.7 Å². The molecule has 1 fully saturated rings. The van der Waals surface area contributed by atoms with Gasteiger partial charge in [-0.1, -0.05) is 0 Å². The molecule has 4 heteroatoms. The van der Waals surface area contributed by atoms with Crippen LogP contribution in [0.4, 0.5) is 0 Å². The number of ether oxygens (including phenoxy) is 1. The highest BCUT2D eigenvalue weighted by Gasteiger charge is 2.19. The van der Waals surface area contributed by atoms with E-state index in [2.05, 4.69) is 22.0 Å². The third-order valence-corrected chi connectivity index (χ3v) is 3.74. The van der Waals surface area contributed by atoms with E-state index in [9.17, 15) is 0 Å². The molecule has 1 aliphatic rings. The van der Waals surface area contributed by atoms with E-state index in [1.165, 1.54) is 0 Å². The first-order chi connectivity index (χ1) is 8.19. The molecular formula is C13H15BrN2O. The molecule has 0 saturated heterocycles. The smallest absolute Gasteiger partial charge is 0.120 e. The summed E-state index contributed by atoms with van der Waals surface area (Å²) < 4.78 is 6.67. The zero-order chi connectivity index (χ0) is 12.3. The second-order valence-corrected chi connectivity index (χ2v) is 5.26. The van der Waals surface area contributed by atoms with Crippen molar-refractivity contribution in [2.45, 2.75) is 37.8 Å². The van der Waals surface area contributed by atoms with Crippen LogP contribution in [0.1, 0.15) is 31.2 Å². The monoisotopic (exact) mass is 294 g/mol. The van der Waals surface area contributed by atoms with Crippen LogP contribution < -0.4 is 10.5 Å². The van der Waals surface area contributed by atoms with E-state index in [1.807, 2.05) is 12.1 Å². The van der Waals surface area contributed by atoms with E-state index in [1.54, 1.807) is 6.07 Å². The Morgan fingerprint density at radius 3 is 2.59 bits per heavy atom. The predicted octanol–water partition coefficient (Wildman–Crippen LogP) is 2.97. The van der Waals surface area contributed by atoms with E-state index in [0.717, 1.165) is 35.9 Å². The molecule has 0 amide bonds. The molecule has 0 aliphatic heterocycles. The third-order valence-electron chi connectivity index (χ3n) is 3.08. The van der Waals surface area contributed by atoms with Gasteiger partial charge < -0.3 is 10.5 Å². The molecule has 0 atom stereocenters. The molecule has 0 unspecified atom stereocenters. The Kier molecular flexibility index (Phi) is 4.03. The van der Waals surface area contributed by atoms with Crippen LogP contribution in [0.5, 0.6) is 5.75 Å². The van der Waals surface area contributed by atoms with Gasteiger partial charge in [0, 0.05) is 10.5 Å². The van der Waals surface area contributed by atoms with Gasteiger partial charge in [0.25, 0.3) is 0 Å². The normalized spacial score (nSPS) is 24.1. The number of hydrogen-bond donors (Lipinski definition) is 1. The minimum absolute atomic E-state index is 0.259. The largest absolute Gasteiger partial charge is 0.490 e. The number of hydrogen-bond acceptors (Lipinski definition) is 3. The van der Waals surface area contributed by atoms with Gasteiger partial charge in [-0.15, -0.1) is 0 Å². The maximum Gasteiger partial charge on any atom is 0.120 e. The van der Waals surface area contributed by atoms with E-state index >= 15 is 0 Å². The first-order valence-corrected chi connectivity index (χ1v) is 6.60. The van der Waals surface area contributed by atoms with Crippen LogP contribution in [0, 0.1) is 11.3 Å². The molecule has 0 spiro atoms. The van der Waals surface area contributed by atoms with Crippen LogP contribution in [-0.4, -0.2) is 12.1 Å². The molecular weight excluding hydrogens is 280 g/mol. The maximum absolute atomic E-state index is 8.83. The van der Waals surface area contributed by atoms with Gasteiger partial charge in [0.15, 0.2) is 0 Å². The van der Waals surface area contributed by atoms with Crippen LogP contribution in [-0.2, 0) is 0 Å². The highest BCUT2D eigenvalue weighted by atomic mass is 79.9. The summed E-state index contributed by atoms with van der Waals surface area (Å²) in [6.07, 6.45) is 4.34. The van der Waals surface area contributed by atoms with Crippen molar-refractivity contribution in [3.63, 3.8) is 0 Å². The predicted molar refractivity (Wildman–Crippen MR) is 69.7 cm³/mol. The fraction of sp³-hybridized carbons (Fsp3) is 0.462. The third kappa shape index (κ3) is 3.21. The Labute approximate surface area is 110 Å². The molecule has 0 heterocycles. The Hall–Kier alpha value is -1.05. The lowest BCUT2D eigenvalue weighted by atomic mass is 9.94. The molecule has 1 aromatic carbocycles. The van der Waals surface area contributed by atoms with Crippen molar-refractivity contribution < 1.29 is 4.74 Å². The summed E-state index contributed by atoms with van der Waals surface area (Å²) in [5, 5.41) is 8.83. The van der Waals surface area contributed by atoms with Gasteiger partial charge in [0.1, 0.15) is 11.8 Å². The fourth-order valence-corrected chi connectivity index (χ4v) is 2.51. The lowest BCUT2D eigenvalue weighted by Crippen LogP contribution is -2.31. The lowest BCUT2D eigenvalue weighted by Gasteiger charge is -2.26. The van der Waals surface area contributed by atoms with Crippen molar-refractivity contribution in [2.75, 3.05) is 0 Å². The molecule has 2 rings (SSSR count). The summed E-state index contributed by atoms with van der Waals surface area (Å²) in [5.41, 5.74) is 6.48. The minimum atomic E-state index is 0.259. The molecule has 0 radical (unpaired) electrons. The molecule has 17 heavy (non-hydrogen) atoms. The van der Waals surface area contributed by atoms with Crippen molar-refractivity contribution in [3.05, 3.63) is 28.2 Å². The summed E-state index contributed by atoms with van der Waals surface area (Å²) >= 11 is 3.36. The van der Waals surface area contributed by atoms with E-state index in [-0.39, 0.29) is 6.10 Å². The maximum atomic E-state index is 8.83. The number of benzene rings is 1. The average Bonchev–Trinajstić information content (AvgIpc) is 2.32. The van der Waals surface area contributed by atoms with Crippen molar-refractivity contribution in [1.29, 1.82) is 5.26 Å². The summed E-state index contributed by atoms with van der Waals surface area (Å²) in [6.45, 7) is 0. The molecule has 0 aromatic heterocycles. The first kappa shape index (κ1) is 12.4. The number of nitrogens with two attached hydrogens (primary N) is 1. The van der Waals surface area contributed by atoms with Gasteiger partial charge in [0.2, 0.25) is 0 Å². The van der Waals surface area contributed by atoms with Gasteiger partial charge in [-0.2, -0.15) is 5.26 Å². The van der Waals surface area contributed by atoms with Gasteiger partial charge >= 0.3 is 0 Å². The SMILES string of the molecule is N#Cc1ccc(O[C@H]2CC[C@H](N)CC2)cc1Br. The van der Waals surface area contributed by atoms with Gasteiger partial charge in [-0.05, 0) is 59.8 Å². The molecule has 3 nitrogen and oxygen atoms in total. The quantitative estimate of drug-likeness (QED) is 0.912. The standard InChI is InChI=1S/C13H15BrN2O/c14-13-7-12(4-1-9(13)8-15)17-11-5-2-10(16)3-6-11/h1,4,7,10-11H,2-3,5-6,16H2/t10-,11-. The van der Waals surface area contributed by atoms with Crippen LogP contribution in [0.2, 0.25) is 0 Å². The lowest BCUT2D eigenvalue weighted by molar-refractivity contribution is 0.147. The van der Waals surface area contributed by atoms with Gasteiger partial charge in [-0.3, -0.25) is 0 Å². The number of halogens is 1. The number of nitriles is 1. The zero-order valence-electron chi connectivity index (χ0n) is 9.53. The van der Waals surface area contributed by atoms with Crippen molar-refractivity contribution in [1.82, 2.24) is 0 Å². The van der Waals surface area contributed by atoms with Crippen molar-refractivity contribution in [3.8, 4) is 11.8 Å². The topological polar surface area (TPSA) is 59.0 Å². The highest BCUT2D eigenvalue weighted by Crippen LogP contribution is 2.26. The molecule has 0 bridgehead atoms. The fourth-order valence-electron chi connectivity index (χ4n) is 2.06. The van der Waals surface area contributed by atoms with E-state index in [4.69, 9.17) is 15.7 Å². The second kappa shape index (κ2) is 5.52. The molecule has 1 aliphatic carbocycles. The Balaban J connectivity index is 2.00. The Morgan fingerprint density at radius 1 is 1.29 bits per heavy atom. The zero-order valence-corrected chi connectivity index (χ0v) is 11.1. The van der Waals surface area contributed by atoms with Crippen LogP contribution in [0.25, 0.3) is 0 Å². The van der Waals surface area contributed by atoms with Gasteiger partial charge in [0.05, 0.1) is 11.7 Å². The summed E-state index contributed by atoms with van der Waals surface area (Å²) in [7, 11) is 0. The van der Waals surface area contributed by atoms with Crippen LogP contribution >= 0.6 is 15.9 Å². The number of rotatable bonds is 2. The first-order valence-electron chi connectivity index (χ1n) is 5.81. The average molecular weight is 295 g/mol. The molecule has 1 saturated carbocycles. The number of nitrogens with zero attached hydrogens (tertiary/aromatic N) is 1. The Morgan fingerprint density at radius 2 is 2.00 bits per heavy atom. The van der Waals surface area contributed by atoms with Gasteiger partial charge in [-0.25, -0.2) is 0 Å². The molecule has 2 N–H and O–H groups in total. The van der Waals surface area contributed by atoms with Crippen molar-refractivity contribution >= 4 is 15.9 Å². The Bertz CT molecular complexity index is 434. The molecule has 1 aromatic rings. The minimum Gasteiger partial charge on any atom is -0.490 e. The van der Waals surface area contributed by atoms with Crippen LogP contribution in [0.3, 0.4) is 0 Å². The summed E-state index contributed by atoms with van der Waals surface area (Å²) in [4.78, 5) is 0. The van der Waals surface area contributed by atoms with E-state index in [0.29, 0.717) is 11.6 Å². The summed E-state index contributed by atoms with van der Waals surface area (Å²) in [6, 6.07) is 7.92. The summed E-state index contributed by atoms with van der Waals surface area (Å²) in [5.74, 6) is 0.816. The highest BCUT2D eigenvalue weighted by molar-refractivity contribution is 9.10. The second-order valence-electron chi connectivity index (χ2n) is 4.41. The van der Waals surface area contributed by atoms with E-state index < -0.39 is 0 Å². The molecule has 90 valence electrons. The van der Waals surface area contributed by atoms with Crippen molar-refractivity contribution in [2.24, 2.45) is 5.73 Å².